The number of hydrogen-bond donors (Lipinski definition) is 2. The van der Waals surface area contributed by atoms with E-state index in [1.807, 2.05) is 19.1 Å². The molecule has 3 rings (SSSR count). The molecule has 0 radical (unpaired) electrons. The Morgan fingerprint density at radius 1 is 1.00 bits per heavy atom. The van der Waals surface area contributed by atoms with Crippen LogP contribution in [0.3, 0.4) is 0 Å². The van der Waals surface area contributed by atoms with Crippen molar-refractivity contribution in [2.45, 2.75) is 13.8 Å². The highest BCUT2D eigenvalue weighted by atomic mass is 32.1. The van der Waals surface area contributed by atoms with Gasteiger partial charge in [0.1, 0.15) is 16.6 Å². The Bertz CT molecular complexity index is 1160. The minimum atomic E-state index is -0.685. The molecule has 0 saturated carbocycles. The highest BCUT2D eigenvalue weighted by molar-refractivity contribution is 7.18. The number of carbonyl (C=O) groups excluding carboxylic acids is 3. The Hall–Kier alpha value is -3.72. The minimum absolute atomic E-state index is 0.0889. The Labute approximate surface area is 188 Å². The summed E-state index contributed by atoms with van der Waals surface area (Å²) in [7, 11) is 1.21. The van der Waals surface area contributed by atoms with E-state index in [0.717, 1.165) is 16.9 Å². The molecule has 1 aromatic heterocycles. The van der Waals surface area contributed by atoms with E-state index in [9.17, 15) is 18.8 Å². The number of anilines is 2. The quantitative estimate of drug-likeness (QED) is 0.509. The molecule has 2 N–H and O–H groups in total. The first-order valence-corrected chi connectivity index (χ1v) is 10.4. The van der Waals surface area contributed by atoms with Crippen molar-refractivity contribution in [2.24, 2.45) is 0 Å². The van der Waals surface area contributed by atoms with Crippen LogP contribution < -0.4 is 15.4 Å². The average Bonchev–Trinajstić information content (AvgIpc) is 3.10. The van der Waals surface area contributed by atoms with Crippen molar-refractivity contribution in [3.05, 3.63) is 75.9 Å². The van der Waals surface area contributed by atoms with Crippen LogP contribution in [0, 0.1) is 19.7 Å². The number of thiophene rings is 1. The van der Waals surface area contributed by atoms with Crippen molar-refractivity contribution >= 4 is 39.8 Å². The molecule has 2 aromatic carbocycles. The molecular formula is C23H21FN2O5S. The van der Waals surface area contributed by atoms with Crippen LogP contribution in [0.4, 0.5) is 15.1 Å². The van der Waals surface area contributed by atoms with Crippen LogP contribution in [0.2, 0.25) is 0 Å². The van der Waals surface area contributed by atoms with Gasteiger partial charge in [-0.25, -0.2) is 9.18 Å². The first-order valence-electron chi connectivity index (χ1n) is 9.57. The van der Waals surface area contributed by atoms with Gasteiger partial charge in [0.05, 0.1) is 17.6 Å². The molecule has 0 unspecified atom stereocenters. The Morgan fingerprint density at radius 3 is 2.34 bits per heavy atom. The summed E-state index contributed by atoms with van der Waals surface area (Å²) in [6.45, 7) is 3.17. The van der Waals surface area contributed by atoms with Gasteiger partial charge in [0.25, 0.3) is 11.8 Å². The highest BCUT2D eigenvalue weighted by Gasteiger charge is 2.26. The summed E-state index contributed by atoms with van der Waals surface area (Å²) in [5, 5.41) is 5.45. The van der Waals surface area contributed by atoms with Crippen LogP contribution in [0.15, 0.2) is 48.5 Å². The lowest BCUT2D eigenvalue weighted by Crippen LogP contribution is -2.21. The lowest BCUT2D eigenvalue weighted by Gasteiger charge is -2.09. The molecule has 7 nitrogen and oxygen atoms in total. The number of esters is 1. The van der Waals surface area contributed by atoms with Crippen LogP contribution in [-0.2, 0) is 9.53 Å². The third-order valence-corrected chi connectivity index (χ3v) is 5.76. The van der Waals surface area contributed by atoms with Crippen molar-refractivity contribution < 1.29 is 28.2 Å². The number of carbonyl (C=O) groups is 3. The van der Waals surface area contributed by atoms with E-state index in [0.29, 0.717) is 17.0 Å². The molecule has 9 heteroatoms. The maximum absolute atomic E-state index is 13.1. The molecular weight excluding hydrogens is 435 g/mol. The highest BCUT2D eigenvalue weighted by Crippen LogP contribution is 2.34. The fourth-order valence-corrected chi connectivity index (χ4v) is 4.02. The van der Waals surface area contributed by atoms with Crippen molar-refractivity contribution in [3.8, 4) is 5.75 Å². The maximum atomic E-state index is 13.1. The number of aryl methyl sites for hydroxylation is 1. The van der Waals surface area contributed by atoms with Crippen molar-refractivity contribution in [3.63, 3.8) is 0 Å². The first kappa shape index (κ1) is 23.0. The zero-order valence-electron chi connectivity index (χ0n) is 17.7. The van der Waals surface area contributed by atoms with E-state index in [2.05, 4.69) is 10.6 Å². The largest absolute Gasteiger partial charge is 0.483 e. The second-order valence-corrected chi connectivity index (χ2v) is 7.84. The molecule has 2 amide bonds. The van der Waals surface area contributed by atoms with Crippen LogP contribution in [0.5, 0.6) is 5.75 Å². The average molecular weight is 456 g/mol. The van der Waals surface area contributed by atoms with Gasteiger partial charge in [0.15, 0.2) is 6.61 Å². The predicted octanol–water partition coefficient (Wildman–Crippen LogP) is 4.56. The van der Waals surface area contributed by atoms with Crippen LogP contribution in [0.25, 0.3) is 0 Å². The summed E-state index contributed by atoms with van der Waals surface area (Å²) in [5.74, 6) is -1.54. The number of rotatable bonds is 7. The Morgan fingerprint density at radius 2 is 1.69 bits per heavy atom. The number of para-hydroxylation sites is 1. The van der Waals surface area contributed by atoms with Crippen molar-refractivity contribution in [2.75, 3.05) is 24.4 Å². The summed E-state index contributed by atoms with van der Waals surface area (Å²) in [4.78, 5) is 37.7. The van der Waals surface area contributed by atoms with Gasteiger partial charge >= 0.3 is 5.97 Å². The maximum Gasteiger partial charge on any atom is 0.341 e. The van der Waals surface area contributed by atoms with Gasteiger partial charge in [0, 0.05) is 5.69 Å². The van der Waals surface area contributed by atoms with Gasteiger partial charge in [-0.1, -0.05) is 18.2 Å². The lowest BCUT2D eigenvalue weighted by molar-refractivity contribution is -0.118. The zero-order valence-corrected chi connectivity index (χ0v) is 18.5. The molecule has 0 aliphatic rings. The summed E-state index contributed by atoms with van der Waals surface area (Å²) in [6, 6.07) is 12.5. The number of nitrogens with one attached hydrogen (secondary N) is 2. The van der Waals surface area contributed by atoms with E-state index in [1.54, 1.807) is 19.1 Å². The second kappa shape index (κ2) is 10.1. The molecule has 0 bridgehead atoms. The summed E-state index contributed by atoms with van der Waals surface area (Å²) in [6.07, 6.45) is 0. The number of halogens is 1. The smallest absolute Gasteiger partial charge is 0.341 e. The normalized spacial score (nSPS) is 10.4. The fraction of sp³-hybridized carbons (Fsp3) is 0.174. The van der Waals surface area contributed by atoms with Gasteiger partial charge < -0.3 is 20.1 Å². The second-order valence-electron chi connectivity index (χ2n) is 6.82. The van der Waals surface area contributed by atoms with E-state index in [-0.39, 0.29) is 22.0 Å². The summed E-state index contributed by atoms with van der Waals surface area (Å²) < 4.78 is 23.5. The van der Waals surface area contributed by atoms with E-state index < -0.39 is 23.6 Å². The Balaban J connectivity index is 1.79. The summed E-state index contributed by atoms with van der Waals surface area (Å²) >= 11 is 0.939. The molecule has 0 spiro atoms. The molecule has 32 heavy (non-hydrogen) atoms. The van der Waals surface area contributed by atoms with E-state index in [1.165, 1.54) is 31.4 Å². The molecule has 0 atom stereocenters. The minimum Gasteiger partial charge on any atom is -0.483 e. The van der Waals surface area contributed by atoms with Crippen LogP contribution >= 0.6 is 11.3 Å². The number of amides is 2. The molecule has 0 fully saturated rings. The third kappa shape index (κ3) is 5.30. The molecule has 1 heterocycles. The van der Waals surface area contributed by atoms with Gasteiger partial charge in [-0.2, -0.15) is 0 Å². The van der Waals surface area contributed by atoms with E-state index in [4.69, 9.17) is 9.47 Å². The molecule has 0 aliphatic heterocycles. The Kier molecular flexibility index (Phi) is 7.21. The predicted molar refractivity (Wildman–Crippen MR) is 120 cm³/mol. The van der Waals surface area contributed by atoms with Gasteiger partial charge in [-0.15, -0.1) is 11.3 Å². The molecule has 0 saturated heterocycles. The fourth-order valence-electron chi connectivity index (χ4n) is 2.91. The molecule has 166 valence electrons. The first-order chi connectivity index (χ1) is 15.3. The number of ether oxygens (including phenoxy) is 2. The number of hydrogen-bond acceptors (Lipinski definition) is 6. The lowest BCUT2D eigenvalue weighted by atomic mass is 10.1. The third-order valence-electron chi connectivity index (χ3n) is 4.55. The van der Waals surface area contributed by atoms with Crippen molar-refractivity contribution in [1.82, 2.24) is 0 Å². The monoisotopic (exact) mass is 456 g/mol. The summed E-state index contributed by atoms with van der Waals surface area (Å²) in [5.41, 5.74) is 1.71. The number of methoxy groups -OCH3 is 1. The van der Waals surface area contributed by atoms with Gasteiger partial charge in [-0.3, -0.25) is 9.59 Å². The van der Waals surface area contributed by atoms with Gasteiger partial charge in [0.2, 0.25) is 0 Å². The number of benzene rings is 2. The SMILES string of the molecule is COC(=O)c1c(NC(=O)COc2ccccc2C)sc(C(=O)Nc2ccc(F)cc2)c1C. The van der Waals surface area contributed by atoms with Gasteiger partial charge in [-0.05, 0) is 55.3 Å². The molecule has 3 aromatic rings. The van der Waals surface area contributed by atoms with Crippen LogP contribution in [-0.4, -0.2) is 31.5 Å². The topological polar surface area (TPSA) is 93.7 Å². The zero-order chi connectivity index (χ0) is 23.3. The van der Waals surface area contributed by atoms with Crippen LogP contribution in [0.1, 0.15) is 31.2 Å². The van der Waals surface area contributed by atoms with E-state index >= 15 is 0 Å². The standard InChI is InChI=1S/C23H21FN2O5S/c1-13-6-4-5-7-17(13)31-12-18(27)26-22-19(23(29)30-3)14(2)20(32-22)21(28)25-16-10-8-15(24)9-11-16/h4-11H,12H2,1-3H3,(H,25,28)(H,26,27). The van der Waals surface area contributed by atoms with Crippen molar-refractivity contribution in [1.29, 1.82) is 0 Å². The molecule has 0 aliphatic carbocycles.